The summed E-state index contributed by atoms with van der Waals surface area (Å²) >= 11 is 0. The fourth-order valence-electron chi connectivity index (χ4n) is 8.30. The van der Waals surface area contributed by atoms with Gasteiger partial charge in [-0.3, -0.25) is 67.7 Å². The Morgan fingerprint density at radius 3 is 1.21 bits per heavy atom. The molecular weight excluding hydrogens is 1110 g/mol. The van der Waals surface area contributed by atoms with Crippen LogP contribution in [-0.4, -0.2) is 169 Å². The van der Waals surface area contributed by atoms with Gasteiger partial charge in [-0.15, -0.1) is 0 Å². The highest BCUT2D eigenvalue weighted by Gasteiger charge is 2.34. The van der Waals surface area contributed by atoms with Crippen LogP contribution in [0.5, 0.6) is 0 Å². The van der Waals surface area contributed by atoms with Crippen LogP contribution in [0.3, 0.4) is 0 Å². The van der Waals surface area contributed by atoms with Crippen molar-refractivity contribution in [1.82, 2.24) is 47.9 Å². The largest absolute Gasteiger partial charge is 0.391 e. The predicted octanol–water partition coefficient (Wildman–Crippen LogP) is -4.72. The molecule has 0 rings (SSSR count). The van der Waals surface area contributed by atoms with Crippen molar-refractivity contribution in [2.75, 3.05) is 32.7 Å². The molecule has 0 radical (unpaired) electrons. The molecule has 9 atom stereocenters. The minimum absolute atomic E-state index is 0.0259. The molecule has 0 aliphatic carbocycles. The van der Waals surface area contributed by atoms with E-state index in [9.17, 15) is 57.8 Å². The van der Waals surface area contributed by atoms with E-state index in [0.717, 1.165) is 25.7 Å². The SMILES string of the molecule is CCCCCCCCCCCCCC(=O)NCC(=O)NC(CCCN=C(N)N)C(=O)NC(C(=O)NCC(=O)NC(CCCN=C(N)N)C(=O)NC(CCCN=C(N)N)C(=O)NC(CC(N)=O)C(=O)NC(C)C(=O)NC(C(N)=O)C(C)CC)C(C)O. The van der Waals surface area contributed by atoms with Crippen LogP contribution >= 0.6 is 0 Å². The summed E-state index contributed by atoms with van der Waals surface area (Å²) in [5, 5.41) is 32.6. The van der Waals surface area contributed by atoms with Crippen molar-refractivity contribution < 1.29 is 57.8 Å². The van der Waals surface area contributed by atoms with E-state index in [2.05, 4.69) is 69.8 Å². The third-order valence-corrected chi connectivity index (χ3v) is 13.3. The molecule has 0 bridgehead atoms. The molecule has 484 valence electrons. The van der Waals surface area contributed by atoms with Gasteiger partial charge < -0.3 is 98.8 Å². The van der Waals surface area contributed by atoms with Gasteiger partial charge in [0.1, 0.15) is 42.3 Å². The molecule has 0 saturated carbocycles. The molecule has 0 spiro atoms. The highest BCUT2D eigenvalue weighted by atomic mass is 16.3. The number of carbonyl (C=O) groups is 11. The highest BCUT2D eigenvalue weighted by Crippen LogP contribution is 2.13. The number of carbonyl (C=O) groups excluding carboxylic acids is 11. The van der Waals surface area contributed by atoms with E-state index in [4.69, 9.17) is 45.9 Å². The second-order valence-corrected chi connectivity index (χ2v) is 20.9. The van der Waals surface area contributed by atoms with E-state index in [0.29, 0.717) is 12.8 Å². The van der Waals surface area contributed by atoms with Gasteiger partial charge >= 0.3 is 0 Å². The fourth-order valence-corrected chi connectivity index (χ4v) is 8.30. The number of aliphatic imine (C=N–C) groups is 3. The average Bonchev–Trinajstić information content (AvgIpc) is 3.62. The Labute approximate surface area is 498 Å². The lowest BCUT2D eigenvalue weighted by Crippen LogP contribution is -2.60. The van der Waals surface area contributed by atoms with E-state index in [1.807, 2.05) is 0 Å². The van der Waals surface area contributed by atoms with Crippen LogP contribution in [0.4, 0.5) is 0 Å². The summed E-state index contributed by atoms with van der Waals surface area (Å²) in [5.74, 6) is -10.9. The minimum atomic E-state index is -1.71. The van der Waals surface area contributed by atoms with Crippen LogP contribution in [0.15, 0.2) is 15.0 Å². The Hall–Kier alpha value is -8.06. The van der Waals surface area contributed by atoms with Gasteiger partial charge in [0.25, 0.3) is 0 Å². The first-order valence-electron chi connectivity index (χ1n) is 29.2. The molecule has 85 heavy (non-hydrogen) atoms. The van der Waals surface area contributed by atoms with Crippen molar-refractivity contribution in [3.8, 4) is 0 Å². The van der Waals surface area contributed by atoms with Crippen LogP contribution in [0.2, 0.25) is 0 Å². The number of aliphatic hydroxyl groups excluding tert-OH is 1. The molecule has 0 aliphatic rings. The summed E-state index contributed by atoms with van der Waals surface area (Å²) < 4.78 is 0. The number of aliphatic hydroxyl groups is 1. The maximum Gasteiger partial charge on any atom is 0.245 e. The number of rotatable bonds is 47. The molecule has 0 aromatic heterocycles. The summed E-state index contributed by atoms with van der Waals surface area (Å²) in [4.78, 5) is 157. The van der Waals surface area contributed by atoms with E-state index in [1.165, 1.54) is 52.4 Å². The van der Waals surface area contributed by atoms with Crippen molar-refractivity contribution in [3.05, 3.63) is 0 Å². The molecule has 9 unspecified atom stereocenters. The van der Waals surface area contributed by atoms with E-state index < -0.39 is 127 Å². The smallest absolute Gasteiger partial charge is 0.245 e. The molecule has 0 aromatic carbocycles. The van der Waals surface area contributed by atoms with Gasteiger partial charge in [0.2, 0.25) is 65.0 Å². The number of nitrogens with one attached hydrogen (secondary N) is 9. The number of nitrogens with zero attached hydrogens (tertiary/aromatic N) is 3. The van der Waals surface area contributed by atoms with E-state index in [1.54, 1.807) is 13.8 Å². The van der Waals surface area contributed by atoms with Crippen molar-refractivity contribution in [2.24, 2.45) is 66.8 Å². The van der Waals surface area contributed by atoms with Crippen LogP contribution in [0.1, 0.15) is 163 Å². The quantitative estimate of drug-likeness (QED) is 0.0155. The second kappa shape index (κ2) is 44.5. The lowest BCUT2D eigenvalue weighted by Gasteiger charge is -2.26. The molecule has 0 heterocycles. The topological polar surface area (TPSA) is 562 Å². The van der Waals surface area contributed by atoms with Gasteiger partial charge in [0, 0.05) is 26.1 Å². The van der Waals surface area contributed by atoms with Crippen molar-refractivity contribution in [2.45, 2.75) is 211 Å². The molecule has 0 fully saturated rings. The number of unbranched alkanes of at least 4 members (excludes halogenated alkanes) is 10. The molecule has 0 aliphatic heterocycles. The summed E-state index contributed by atoms with van der Waals surface area (Å²) in [7, 11) is 0. The van der Waals surface area contributed by atoms with Gasteiger partial charge in [-0.25, -0.2) is 0 Å². The lowest BCUT2D eigenvalue weighted by atomic mass is 9.98. The summed E-state index contributed by atoms with van der Waals surface area (Å²) in [6, 6.07) is -10.1. The fraction of sp³-hybridized carbons (Fsp3) is 0.736. The maximum atomic E-state index is 14.1. The predicted molar refractivity (Wildman–Crippen MR) is 320 cm³/mol. The normalized spacial score (nSPS) is 14.0. The zero-order chi connectivity index (χ0) is 64.4. The Kier molecular flexibility index (Phi) is 40.2. The van der Waals surface area contributed by atoms with Crippen LogP contribution in [-0.2, 0) is 52.7 Å². The molecule has 0 saturated heterocycles. The Morgan fingerprint density at radius 1 is 0.412 bits per heavy atom. The molecular formula is C53H100N20O12. The number of primary amides is 2. The molecule has 11 amide bonds. The minimum Gasteiger partial charge on any atom is -0.391 e. The summed E-state index contributed by atoms with van der Waals surface area (Å²) in [5.41, 5.74) is 43.6. The highest BCUT2D eigenvalue weighted by molar-refractivity contribution is 5.99. The van der Waals surface area contributed by atoms with Crippen molar-refractivity contribution in [3.63, 3.8) is 0 Å². The molecule has 32 nitrogen and oxygen atoms in total. The number of hydrogen-bond acceptors (Lipinski definition) is 15. The van der Waals surface area contributed by atoms with Gasteiger partial charge in [0.05, 0.1) is 25.6 Å². The second-order valence-electron chi connectivity index (χ2n) is 20.9. The summed E-state index contributed by atoms with van der Waals surface area (Å²) in [6.07, 6.45) is 10.4. The third kappa shape index (κ3) is 37.0. The summed E-state index contributed by atoms with van der Waals surface area (Å²) in [6.45, 7) is 6.82. The van der Waals surface area contributed by atoms with Gasteiger partial charge in [-0.05, 0) is 64.7 Å². The van der Waals surface area contributed by atoms with Crippen LogP contribution in [0.25, 0.3) is 0 Å². The lowest BCUT2D eigenvalue weighted by molar-refractivity contribution is -0.136. The Balaban J connectivity index is 6.23. The van der Waals surface area contributed by atoms with Gasteiger partial charge in [-0.2, -0.15) is 0 Å². The third-order valence-electron chi connectivity index (χ3n) is 13.3. The first kappa shape index (κ1) is 76.9. The van der Waals surface area contributed by atoms with Crippen molar-refractivity contribution >= 4 is 82.9 Å². The molecule has 32 heteroatoms. The zero-order valence-electron chi connectivity index (χ0n) is 50.3. The number of hydrogen-bond donors (Lipinski definition) is 18. The first-order chi connectivity index (χ1) is 40.1. The van der Waals surface area contributed by atoms with Crippen LogP contribution in [0, 0.1) is 5.92 Å². The monoisotopic (exact) mass is 1210 g/mol. The molecule has 26 N–H and O–H groups in total. The standard InChI is InChI=1S/C53H100N20O12/c1-6-8-9-10-11-12-13-14-15-16-17-24-39(76)65-29-40(77)69-35(22-19-26-63-52(58)59)48(83)73-43(33(5)74)50(85)66-30-41(78)68-34(21-18-25-62-51(56)57)46(81)70-36(23-20-27-64-53(60)61)47(82)71-37(28-38(54)75)49(84)67-32(4)45(80)72-42(44(55)79)31(3)7-2/h31-37,42-43,74H,6-30H2,1-5H3,(H2,54,75)(H2,55,79)(H,65,76)(H,66,85)(H,67,84)(H,68,78)(H,69,77)(H,70,81)(H,71,82)(H,72,80)(H,73,83)(H4,56,57,62)(H4,58,59,63)(H4,60,61,64). The van der Waals surface area contributed by atoms with E-state index in [-0.39, 0.29) is 94.3 Å². The number of guanidine groups is 3. The zero-order valence-corrected chi connectivity index (χ0v) is 50.3. The Morgan fingerprint density at radius 2 is 0.800 bits per heavy atom. The molecule has 0 aromatic rings. The van der Waals surface area contributed by atoms with Gasteiger partial charge in [-0.1, -0.05) is 91.4 Å². The van der Waals surface area contributed by atoms with Crippen molar-refractivity contribution in [1.29, 1.82) is 0 Å². The average molecular weight is 1210 g/mol. The van der Waals surface area contributed by atoms with Crippen LogP contribution < -0.4 is 93.7 Å². The maximum absolute atomic E-state index is 14.1. The number of amides is 11. The number of nitrogens with two attached hydrogens (primary N) is 8. The first-order valence-corrected chi connectivity index (χ1v) is 29.2. The Bertz CT molecular complexity index is 2220. The van der Waals surface area contributed by atoms with E-state index >= 15 is 0 Å². The van der Waals surface area contributed by atoms with Gasteiger partial charge in [0.15, 0.2) is 17.9 Å².